The van der Waals surface area contributed by atoms with Crippen LogP contribution in [0.3, 0.4) is 0 Å². The van der Waals surface area contributed by atoms with Crippen molar-refractivity contribution in [2.24, 2.45) is 0 Å². The highest BCUT2D eigenvalue weighted by Crippen LogP contribution is 2.14. The molecule has 70 valence electrons. The largest absolute Gasteiger partial charge is 0.491 e. The lowest BCUT2D eigenvalue weighted by molar-refractivity contribution is 0.423. The van der Waals surface area contributed by atoms with E-state index in [0.29, 0.717) is 5.39 Å². The number of halogens is 1. The molecule has 0 atom stereocenters. The molecule has 1 aromatic heterocycles. The van der Waals surface area contributed by atoms with Crippen molar-refractivity contribution < 1.29 is 14.4 Å². The molecule has 1 heterocycles. The smallest absolute Gasteiger partial charge is 0.423 e. The normalized spacial score (nSPS) is 10.5. The molecule has 0 aliphatic carbocycles. The van der Waals surface area contributed by atoms with Gasteiger partial charge in [0.15, 0.2) is 0 Å². The number of hydrogen-bond donors (Lipinski definition) is 2. The van der Waals surface area contributed by atoms with Crippen LogP contribution in [0.5, 0.6) is 0 Å². The summed E-state index contributed by atoms with van der Waals surface area (Å²) in [7, 11) is -1.79. The quantitative estimate of drug-likeness (QED) is 0.626. The first kappa shape index (κ1) is 9.11. The van der Waals surface area contributed by atoms with E-state index in [0.717, 1.165) is 0 Å². The Morgan fingerprint density at radius 2 is 2.00 bits per heavy atom. The predicted molar refractivity (Wildman–Crippen MR) is 51.5 cm³/mol. The fraction of sp³-hybridized carbons (Fsp3) is 0. The number of rotatable bonds is 1. The maximum atomic E-state index is 13.6. The number of nitrogens with zero attached hydrogens (tertiary/aromatic N) is 1. The van der Waals surface area contributed by atoms with Gasteiger partial charge >= 0.3 is 7.12 Å². The first-order chi connectivity index (χ1) is 6.70. The van der Waals surface area contributed by atoms with Gasteiger partial charge in [0.1, 0.15) is 5.82 Å². The average Bonchev–Trinajstić information content (AvgIpc) is 2.18. The topological polar surface area (TPSA) is 53.4 Å². The van der Waals surface area contributed by atoms with Crippen molar-refractivity contribution in [1.29, 1.82) is 0 Å². The Balaban J connectivity index is 2.75. The zero-order valence-corrected chi connectivity index (χ0v) is 7.18. The lowest BCUT2D eigenvalue weighted by Gasteiger charge is -2.04. The summed E-state index contributed by atoms with van der Waals surface area (Å²) in [6, 6.07) is 4.63. The lowest BCUT2D eigenvalue weighted by Crippen LogP contribution is -2.32. The minimum atomic E-state index is -1.79. The van der Waals surface area contributed by atoms with Crippen LogP contribution in [-0.2, 0) is 0 Å². The van der Waals surface area contributed by atoms with Crippen molar-refractivity contribution in [3.05, 3.63) is 36.4 Å². The van der Waals surface area contributed by atoms with E-state index < -0.39 is 12.9 Å². The summed E-state index contributed by atoms with van der Waals surface area (Å²) in [5, 5.41) is 18.7. The molecule has 0 fully saturated rings. The molecule has 3 nitrogen and oxygen atoms in total. The molecule has 0 aliphatic heterocycles. The Hall–Kier alpha value is -1.46. The molecule has 0 amide bonds. The van der Waals surface area contributed by atoms with Gasteiger partial charge in [-0.3, -0.25) is 4.98 Å². The van der Waals surface area contributed by atoms with E-state index in [1.54, 1.807) is 18.3 Å². The molecule has 0 bridgehead atoms. The molecule has 2 aromatic rings. The molecule has 1 aromatic carbocycles. The molecule has 2 N–H and O–H groups in total. The highest BCUT2D eigenvalue weighted by Gasteiger charge is 2.17. The van der Waals surface area contributed by atoms with Gasteiger partial charge < -0.3 is 10.0 Å². The molecule has 0 radical (unpaired) electrons. The van der Waals surface area contributed by atoms with Crippen LogP contribution in [0, 0.1) is 5.82 Å². The van der Waals surface area contributed by atoms with Crippen LogP contribution >= 0.6 is 0 Å². The van der Waals surface area contributed by atoms with Gasteiger partial charge in [-0.1, -0.05) is 12.1 Å². The van der Waals surface area contributed by atoms with E-state index in [1.807, 2.05) is 0 Å². The van der Waals surface area contributed by atoms with E-state index in [1.165, 1.54) is 12.3 Å². The van der Waals surface area contributed by atoms with Crippen molar-refractivity contribution in [3.63, 3.8) is 0 Å². The van der Waals surface area contributed by atoms with Crippen molar-refractivity contribution in [3.8, 4) is 0 Å². The van der Waals surface area contributed by atoms with Gasteiger partial charge in [-0.2, -0.15) is 0 Å². The van der Waals surface area contributed by atoms with Gasteiger partial charge in [-0.15, -0.1) is 0 Å². The SMILES string of the molecule is OB(O)c1ccc2ccncc2c1F. The monoisotopic (exact) mass is 191 g/mol. The highest BCUT2D eigenvalue weighted by molar-refractivity contribution is 6.59. The molecule has 0 unspecified atom stereocenters. The standard InChI is InChI=1S/C9H7BFNO2/c11-9-7-5-12-4-3-6(7)1-2-8(9)10(13)14/h1-5,13-14H. The minimum absolute atomic E-state index is 0.134. The zero-order valence-electron chi connectivity index (χ0n) is 7.18. The summed E-state index contributed by atoms with van der Waals surface area (Å²) in [6.07, 6.45) is 2.91. The van der Waals surface area contributed by atoms with Crippen LogP contribution in [0.1, 0.15) is 0 Å². The molecular weight excluding hydrogens is 184 g/mol. The molecule has 0 spiro atoms. The van der Waals surface area contributed by atoms with Crippen molar-refractivity contribution in [2.45, 2.75) is 0 Å². The van der Waals surface area contributed by atoms with Crippen LogP contribution in [0.4, 0.5) is 4.39 Å². The zero-order chi connectivity index (χ0) is 10.1. The maximum Gasteiger partial charge on any atom is 0.491 e. The van der Waals surface area contributed by atoms with Crippen molar-refractivity contribution in [2.75, 3.05) is 0 Å². The summed E-state index contributed by atoms with van der Waals surface area (Å²) in [5.74, 6) is -0.634. The van der Waals surface area contributed by atoms with E-state index in [4.69, 9.17) is 10.0 Å². The van der Waals surface area contributed by atoms with E-state index in [2.05, 4.69) is 4.98 Å². The Bertz CT molecular complexity index is 475. The van der Waals surface area contributed by atoms with Crippen LogP contribution < -0.4 is 5.46 Å². The number of fused-ring (bicyclic) bond motifs is 1. The highest BCUT2D eigenvalue weighted by atomic mass is 19.1. The summed E-state index contributed by atoms with van der Waals surface area (Å²) in [4.78, 5) is 3.77. The van der Waals surface area contributed by atoms with Gasteiger partial charge in [0.2, 0.25) is 0 Å². The fourth-order valence-corrected chi connectivity index (χ4v) is 1.34. The van der Waals surface area contributed by atoms with Gasteiger partial charge in [0.05, 0.1) is 0 Å². The Morgan fingerprint density at radius 1 is 1.21 bits per heavy atom. The summed E-state index contributed by atoms with van der Waals surface area (Å²) in [6.45, 7) is 0. The predicted octanol–water partition coefficient (Wildman–Crippen LogP) is 0.0537. The van der Waals surface area contributed by atoms with E-state index >= 15 is 0 Å². The van der Waals surface area contributed by atoms with Crippen molar-refractivity contribution >= 4 is 23.4 Å². The van der Waals surface area contributed by atoms with E-state index in [9.17, 15) is 4.39 Å². The van der Waals surface area contributed by atoms with Gasteiger partial charge in [-0.05, 0) is 11.5 Å². The van der Waals surface area contributed by atoms with Crippen molar-refractivity contribution in [1.82, 2.24) is 4.98 Å². The summed E-state index contributed by atoms with van der Waals surface area (Å²) in [5.41, 5.74) is -0.134. The number of benzene rings is 1. The molecule has 5 heteroatoms. The molecule has 0 saturated carbocycles. The third-order valence-electron chi connectivity index (χ3n) is 2.07. The van der Waals surface area contributed by atoms with Gasteiger partial charge in [0, 0.05) is 23.2 Å². The molecule has 0 saturated heterocycles. The third kappa shape index (κ3) is 1.36. The maximum absolute atomic E-state index is 13.6. The van der Waals surface area contributed by atoms with Crippen LogP contribution in [0.2, 0.25) is 0 Å². The minimum Gasteiger partial charge on any atom is -0.423 e. The van der Waals surface area contributed by atoms with E-state index in [-0.39, 0.29) is 10.8 Å². The van der Waals surface area contributed by atoms with Crippen LogP contribution in [0.25, 0.3) is 10.8 Å². The Kier molecular flexibility index (Phi) is 2.19. The second-order valence-electron chi connectivity index (χ2n) is 2.94. The summed E-state index contributed by atoms with van der Waals surface area (Å²) < 4.78 is 13.6. The molecular formula is C9H7BFNO2. The summed E-state index contributed by atoms with van der Waals surface area (Å²) >= 11 is 0. The van der Waals surface area contributed by atoms with Gasteiger partial charge in [-0.25, -0.2) is 4.39 Å². The number of hydrogen-bond acceptors (Lipinski definition) is 3. The lowest BCUT2D eigenvalue weighted by atomic mass is 9.79. The molecule has 14 heavy (non-hydrogen) atoms. The first-order valence-electron chi connectivity index (χ1n) is 4.08. The second-order valence-corrected chi connectivity index (χ2v) is 2.94. The first-order valence-corrected chi connectivity index (χ1v) is 4.08. The van der Waals surface area contributed by atoms with Gasteiger partial charge in [0.25, 0.3) is 0 Å². The fourth-order valence-electron chi connectivity index (χ4n) is 1.34. The second kappa shape index (κ2) is 3.36. The molecule has 2 rings (SSSR count). The molecule has 0 aliphatic rings. The Labute approximate surface area is 80.0 Å². The number of aromatic nitrogens is 1. The number of pyridine rings is 1. The Morgan fingerprint density at radius 3 is 2.71 bits per heavy atom. The third-order valence-corrected chi connectivity index (χ3v) is 2.07. The van der Waals surface area contributed by atoms with Crippen LogP contribution in [0.15, 0.2) is 30.6 Å². The van der Waals surface area contributed by atoms with Crippen LogP contribution in [-0.4, -0.2) is 22.2 Å². The average molecular weight is 191 g/mol.